The van der Waals surface area contributed by atoms with Crippen LogP contribution < -0.4 is 47.9 Å². The number of rotatable bonds is 31. The molecule has 476 valence electrons. The van der Waals surface area contributed by atoms with E-state index in [1.54, 1.807) is 87.5 Å². The van der Waals surface area contributed by atoms with Gasteiger partial charge in [-0.3, -0.25) is 34.1 Å². The molecule has 21 nitrogen and oxygen atoms in total. The fraction of sp³-hybridized carbons (Fsp3) is 0.448. The number of carboxylic acids is 1. The summed E-state index contributed by atoms with van der Waals surface area (Å²) in [6, 6.07) is 23.3. The quantitative estimate of drug-likeness (QED) is 0.0169. The zero-order valence-electron chi connectivity index (χ0n) is 53.3. The number of hydrogen-bond donors (Lipinski definition) is 9. The number of nitrogens with zero attached hydrogens (tertiary/aromatic N) is 2. The number of hydrogen-bond acceptors (Lipinski definition) is 11. The van der Waals surface area contributed by atoms with Crippen molar-refractivity contribution in [3.05, 3.63) is 143 Å². The Labute approximate surface area is 518 Å². The second kappa shape index (κ2) is 33.3. The molecule has 4 rings (SSSR count). The highest BCUT2D eigenvalue weighted by molar-refractivity contribution is 6.00. The smallest absolute Gasteiger partial charge is 0.411 e. The largest absolute Gasteiger partial charge is 0.478 e. The third-order valence-electron chi connectivity index (χ3n) is 15.4. The van der Waals surface area contributed by atoms with Crippen LogP contribution >= 0.6 is 0 Å². The average molecular weight is 1210 g/mol. The van der Waals surface area contributed by atoms with Gasteiger partial charge in [-0.05, 0) is 109 Å². The number of aliphatic carboxylic acids is 1. The van der Waals surface area contributed by atoms with E-state index in [1.165, 1.54) is 11.8 Å². The number of nitrogens with two attached hydrogens (primary N) is 1. The molecule has 4 aromatic carbocycles. The van der Waals surface area contributed by atoms with Crippen molar-refractivity contribution >= 4 is 76.7 Å². The molecule has 9 amide bonds. The number of nitrogens with one attached hydrogen (secondary N) is 7. The van der Waals surface area contributed by atoms with Gasteiger partial charge < -0.3 is 57.3 Å². The van der Waals surface area contributed by atoms with Crippen LogP contribution in [0.15, 0.2) is 115 Å². The zero-order valence-corrected chi connectivity index (χ0v) is 53.3. The lowest BCUT2D eigenvalue weighted by Gasteiger charge is -2.40. The maximum atomic E-state index is 14.2. The number of likely N-dealkylation sites (N-methyl/N-ethyl adjacent to an activating group) is 2. The van der Waals surface area contributed by atoms with Crippen molar-refractivity contribution in [2.24, 2.45) is 23.0 Å². The van der Waals surface area contributed by atoms with Crippen molar-refractivity contribution in [3.63, 3.8) is 0 Å². The van der Waals surface area contributed by atoms with Crippen LogP contribution in [-0.2, 0) is 63.3 Å². The molecule has 0 saturated carbocycles. The molecule has 0 saturated heterocycles. The van der Waals surface area contributed by atoms with Crippen LogP contribution in [0.3, 0.4) is 0 Å². The van der Waals surface area contributed by atoms with Crippen LogP contribution in [0, 0.1) is 17.3 Å². The number of primary amides is 1. The number of anilines is 3. The van der Waals surface area contributed by atoms with E-state index in [2.05, 4.69) is 43.8 Å². The molecule has 0 aliphatic heterocycles. The number of ether oxygens (including phenoxy) is 1. The Balaban J connectivity index is 1.40. The van der Waals surface area contributed by atoms with Crippen LogP contribution in [0.4, 0.5) is 26.7 Å². The summed E-state index contributed by atoms with van der Waals surface area (Å²) in [5.74, 6) is -4.53. The van der Waals surface area contributed by atoms with Crippen molar-refractivity contribution in [3.8, 4) is 0 Å². The van der Waals surface area contributed by atoms with E-state index >= 15 is 0 Å². The Hall–Kier alpha value is -8.85. The van der Waals surface area contributed by atoms with E-state index in [1.807, 2.05) is 110 Å². The van der Waals surface area contributed by atoms with E-state index in [4.69, 9.17) is 10.5 Å². The second-order valence-corrected chi connectivity index (χ2v) is 24.2. The number of carbonyl (C=O) groups is 9. The average Bonchev–Trinajstić information content (AvgIpc) is 1.91. The molecular formula is C67H92N10O11. The summed E-state index contributed by atoms with van der Waals surface area (Å²) in [5.41, 5.74) is 9.18. The van der Waals surface area contributed by atoms with Crippen LogP contribution in [0.2, 0.25) is 0 Å². The van der Waals surface area contributed by atoms with Gasteiger partial charge in [0, 0.05) is 48.8 Å². The second-order valence-electron chi connectivity index (χ2n) is 24.2. The fourth-order valence-corrected chi connectivity index (χ4v) is 10.1. The summed E-state index contributed by atoms with van der Waals surface area (Å²) in [5, 5.41) is 29.3. The molecule has 4 aromatic rings. The van der Waals surface area contributed by atoms with Crippen molar-refractivity contribution < 1.29 is 53.0 Å². The van der Waals surface area contributed by atoms with Crippen LogP contribution in [0.25, 0.3) is 6.08 Å². The predicted octanol–water partition coefficient (Wildman–Crippen LogP) is 8.58. The molecule has 0 unspecified atom stereocenters. The molecule has 0 aromatic heterocycles. The van der Waals surface area contributed by atoms with Gasteiger partial charge in [-0.25, -0.2) is 14.4 Å². The van der Waals surface area contributed by atoms with Gasteiger partial charge in [-0.15, -0.1) is 0 Å². The number of para-hydroxylation sites is 1. The summed E-state index contributed by atoms with van der Waals surface area (Å²) in [6.07, 6.45) is 3.17. The van der Waals surface area contributed by atoms with Crippen LogP contribution in [-0.4, -0.2) is 114 Å². The summed E-state index contributed by atoms with van der Waals surface area (Å²) in [7, 11) is 3.24. The normalized spacial score (nSPS) is 13.4. The number of urea groups is 1. The molecule has 0 fully saturated rings. The monoisotopic (exact) mass is 1210 g/mol. The van der Waals surface area contributed by atoms with E-state index in [0.29, 0.717) is 28.2 Å². The van der Waals surface area contributed by atoms with E-state index in [0.717, 1.165) is 23.1 Å². The first-order chi connectivity index (χ1) is 41.4. The molecule has 0 bridgehead atoms. The summed E-state index contributed by atoms with van der Waals surface area (Å²) >= 11 is 0. The standard InChI is InChI=1S/C67H92N10O11/c1-15-45-23-17-18-25-47(45)39-77(52-29-20-19-24-46(52)16-2)55(79)35-34-54(78)74-56(42(5)6)60(81)73-51(28-22-36-70-64(68)86)59(80)71-49-32-30-44(31-33-49)40-88-65(87)72-50-27-21-26-48(38-50)67(11,12)57(69-13)61(82)75-58(66(8,9)10)62(83)76(14)53(41(3)4)37-43(7)63(84)85/h16-21,23-27,29-33,37-38,41-42,51,53,56-58,69H,2,15,22,28,34-36,39-40H2,1,3-14H3,(H,71,80)(H,72,87)(H,73,81)(H,74,78)(H,75,82)(H,84,85)(H3,68,70,86)/b43-37+/t51-,53+,56-,57-,58+/m0/s1. The van der Waals surface area contributed by atoms with Gasteiger partial charge in [-0.2, -0.15) is 0 Å². The fourth-order valence-electron chi connectivity index (χ4n) is 10.1. The third kappa shape index (κ3) is 20.9. The molecule has 10 N–H and O–H groups in total. The molecule has 0 aliphatic carbocycles. The molecule has 88 heavy (non-hydrogen) atoms. The maximum absolute atomic E-state index is 14.2. The van der Waals surface area contributed by atoms with Crippen molar-refractivity contribution in [2.75, 3.05) is 36.2 Å². The first kappa shape index (κ1) is 71.6. The topological polar surface area (TPSA) is 300 Å². The van der Waals surface area contributed by atoms with Gasteiger partial charge in [0.2, 0.25) is 35.4 Å². The molecule has 5 atom stereocenters. The van der Waals surface area contributed by atoms with Gasteiger partial charge in [0.25, 0.3) is 0 Å². The van der Waals surface area contributed by atoms with E-state index < -0.39 is 88.7 Å². The minimum atomic E-state index is -1.13. The van der Waals surface area contributed by atoms with Gasteiger partial charge in [0.15, 0.2) is 0 Å². The SMILES string of the molecule is C=Cc1ccccc1N(Cc1ccccc1CC)C(=O)CCC(=O)N[C@H](C(=O)N[C@@H](CCCNC(N)=O)C(=O)Nc1ccc(COC(=O)Nc2cccc(C(C)(C)[C@@H](NC)C(=O)N[C@H](C(=O)N(C)[C@H](/C=C(\C)C(=O)O)C(C)C)C(C)(C)C)c2)cc1)C(C)C. The molecule has 0 radical (unpaired) electrons. The number of benzene rings is 4. The molecule has 0 heterocycles. The lowest BCUT2D eigenvalue weighted by molar-refractivity contribution is -0.141. The Kier molecular flexibility index (Phi) is 27.1. The Bertz CT molecular complexity index is 3130. The maximum Gasteiger partial charge on any atom is 0.411 e. The highest BCUT2D eigenvalue weighted by Crippen LogP contribution is 2.32. The minimum Gasteiger partial charge on any atom is -0.478 e. The number of carbonyl (C=O) groups excluding carboxylic acids is 8. The predicted molar refractivity (Wildman–Crippen MR) is 344 cm³/mol. The molecular weight excluding hydrogens is 1120 g/mol. The number of aryl methyl sites for hydroxylation is 1. The van der Waals surface area contributed by atoms with Crippen molar-refractivity contribution in [1.82, 2.24) is 31.5 Å². The summed E-state index contributed by atoms with van der Waals surface area (Å²) < 4.78 is 5.56. The van der Waals surface area contributed by atoms with Gasteiger partial charge in [0.1, 0.15) is 24.7 Å². The van der Waals surface area contributed by atoms with Gasteiger partial charge in [0.05, 0.1) is 24.3 Å². The van der Waals surface area contributed by atoms with E-state index in [9.17, 15) is 48.3 Å². The van der Waals surface area contributed by atoms with Gasteiger partial charge >= 0.3 is 18.1 Å². The lowest BCUT2D eigenvalue weighted by atomic mass is 9.76. The number of carboxylic acid groups (broad SMARTS) is 1. The van der Waals surface area contributed by atoms with Gasteiger partial charge in [-0.1, -0.05) is 155 Å². The number of amides is 9. The molecule has 0 spiro atoms. The van der Waals surface area contributed by atoms with Crippen molar-refractivity contribution in [2.45, 2.75) is 157 Å². The Morgan fingerprint density at radius 3 is 1.98 bits per heavy atom. The Morgan fingerprint density at radius 1 is 0.739 bits per heavy atom. The van der Waals surface area contributed by atoms with Crippen LogP contribution in [0.1, 0.15) is 130 Å². The lowest BCUT2D eigenvalue weighted by Crippen LogP contribution is -2.61. The Morgan fingerprint density at radius 2 is 1.39 bits per heavy atom. The zero-order chi connectivity index (χ0) is 65.6. The van der Waals surface area contributed by atoms with Crippen LogP contribution in [0.5, 0.6) is 0 Å². The molecule has 21 heteroatoms. The third-order valence-corrected chi connectivity index (χ3v) is 15.4. The summed E-state index contributed by atoms with van der Waals surface area (Å²) in [6.45, 7) is 24.2. The minimum absolute atomic E-state index is 0.0796. The highest BCUT2D eigenvalue weighted by Gasteiger charge is 2.42. The van der Waals surface area contributed by atoms with Crippen molar-refractivity contribution in [1.29, 1.82) is 0 Å². The van der Waals surface area contributed by atoms with E-state index in [-0.39, 0.29) is 68.7 Å². The highest BCUT2D eigenvalue weighted by atomic mass is 16.5. The summed E-state index contributed by atoms with van der Waals surface area (Å²) in [4.78, 5) is 123. The molecule has 0 aliphatic rings. The first-order valence-corrected chi connectivity index (χ1v) is 29.8. The first-order valence-electron chi connectivity index (χ1n) is 29.8.